The highest BCUT2D eigenvalue weighted by Gasteiger charge is 2.10. The van der Waals surface area contributed by atoms with Gasteiger partial charge in [-0.05, 0) is 38.5 Å². The van der Waals surface area contributed by atoms with Crippen LogP contribution in [-0.4, -0.2) is 22.3 Å². The average Bonchev–Trinajstić information content (AvgIpc) is 2.75. The zero-order valence-corrected chi connectivity index (χ0v) is 12.9. The molecule has 1 aromatic carbocycles. The minimum absolute atomic E-state index is 0.120. The SMILES string of the molecule is CC(C)(C)NCCc1nnc(Cc2cccc(F)c2)s1. The van der Waals surface area contributed by atoms with Crippen molar-refractivity contribution in [1.82, 2.24) is 15.5 Å². The van der Waals surface area contributed by atoms with E-state index in [-0.39, 0.29) is 11.4 Å². The molecule has 0 fully saturated rings. The molecular weight excluding hydrogens is 273 g/mol. The van der Waals surface area contributed by atoms with Crippen LogP contribution in [-0.2, 0) is 12.8 Å². The van der Waals surface area contributed by atoms with Crippen molar-refractivity contribution in [2.75, 3.05) is 6.54 Å². The summed E-state index contributed by atoms with van der Waals surface area (Å²) in [5.74, 6) is -0.207. The number of hydrogen-bond donors (Lipinski definition) is 1. The summed E-state index contributed by atoms with van der Waals surface area (Å²) in [6.07, 6.45) is 1.51. The van der Waals surface area contributed by atoms with Crippen LogP contribution in [0.4, 0.5) is 4.39 Å². The third kappa shape index (κ3) is 4.98. The van der Waals surface area contributed by atoms with Gasteiger partial charge in [-0.25, -0.2) is 4.39 Å². The molecule has 0 atom stereocenters. The van der Waals surface area contributed by atoms with Gasteiger partial charge in [-0.2, -0.15) is 0 Å². The predicted molar refractivity (Wildman–Crippen MR) is 80.6 cm³/mol. The van der Waals surface area contributed by atoms with E-state index in [1.54, 1.807) is 23.5 Å². The van der Waals surface area contributed by atoms with Crippen LogP contribution >= 0.6 is 11.3 Å². The van der Waals surface area contributed by atoms with Gasteiger partial charge in [0.25, 0.3) is 0 Å². The Morgan fingerprint density at radius 1 is 1.20 bits per heavy atom. The number of nitrogens with one attached hydrogen (secondary N) is 1. The summed E-state index contributed by atoms with van der Waals surface area (Å²) in [7, 11) is 0. The Morgan fingerprint density at radius 3 is 2.65 bits per heavy atom. The van der Waals surface area contributed by atoms with E-state index >= 15 is 0 Å². The Hall–Kier alpha value is -1.33. The van der Waals surface area contributed by atoms with Crippen molar-refractivity contribution in [3.63, 3.8) is 0 Å². The standard InChI is InChI=1S/C15H20FN3S/c1-15(2,3)17-8-7-13-18-19-14(20-13)10-11-5-4-6-12(16)9-11/h4-6,9,17H,7-8,10H2,1-3H3. The van der Waals surface area contributed by atoms with E-state index in [9.17, 15) is 4.39 Å². The van der Waals surface area contributed by atoms with Crippen molar-refractivity contribution in [1.29, 1.82) is 0 Å². The zero-order chi connectivity index (χ0) is 14.6. The molecule has 1 heterocycles. The molecular formula is C15H20FN3S. The van der Waals surface area contributed by atoms with Gasteiger partial charge >= 0.3 is 0 Å². The van der Waals surface area contributed by atoms with Crippen LogP contribution in [0.15, 0.2) is 24.3 Å². The maximum atomic E-state index is 13.1. The number of nitrogens with zero attached hydrogens (tertiary/aromatic N) is 2. The first-order valence-corrected chi connectivity index (χ1v) is 7.55. The molecule has 0 saturated heterocycles. The van der Waals surface area contributed by atoms with Gasteiger partial charge in [-0.3, -0.25) is 0 Å². The second kappa shape index (κ2) is 6.41. The molecule has 0 amide bonds. The minimum Gasteiger partial charge on any atom is -0.312 e. The average molecular weight is 293 g/mol. The van der Waals surface area contributed by atoms with Gasteiger partial charge in [0, 0.05) is 24.9 Å². The van der Waals surface area contributed by atoms with Crippen LogP contribution in [0.2, 0.25) is 0 Å². The molecule has 0 aliphatic heterocycles. The molecule has 0 aliphatic carbocycles. The summed E-state index contributed by atoms with van der Waals surface area (Å²) in [6, 6.07) is 6.63. The molecule has 0 bridgehead atoms. The van der Waals surface area contributed by atoms with Crippen LogP contribution < -0.4 is 5.32 Å². The first-order valence-electron chi connectivity index (χ1n) is 6.73. The Labute approximate surface area is 123 Å². The summed E-state index contributed by atoms with van der Waals surface area (Å²) in [6.45, 7) is 7.31. The number of benzene rings is 1. The number of hydrogen-bond acceptors (Lipinski definition) is 4. The van der Waals surface area contributed by atoms with Gasteiger partial charge in [0.1, 0.15) is 15.8 Å². The quantitative estimate of drug-likeness (QED) is 0.920. The van der Waals surface area contributed by atoms with E-state index in [0.717, 1.165) is 28.5 Å². The Balaban J connectivity index is 1.89. The molecule has 1 aromatic heterocycles. The van der Waals surface area contributed by atoms with E-state index in [1.165, 1.54) is 6.07 Å². The summed E-state index contributed by atoms with van der Waals surface area (Å²) in [5.41, 5.74) is 1.05. The molecule has 0 aliphatic rings. The van der Waals surface area contributed by atoms with Crippen molar-refractivity contribution in [3.05, 3.63) is 45.7 Å². The molecule has 0 radical (unpaired) electrons. The number of halogens is 1. The third-order valence-electron chi connectivity index (χ3n) is 2.75. The highest BCUT2D eigenvalue weighted by molar-refractivity contribution is 7.11. The fourth-order valence-corrected chi connectivity index (χ4v) is 2.71. The Bertz CT molecular complexity index is 560. The van der Waals surface area contributed by atoms with Crippen molar-refractivity contribution < 1.29 is 4.39 Å². The summed E-state index contributed by atoms with van der Waals surface area (Å²) in [4.78, 5) is 0. The molecule has 5 heteroatoms. The van der Waals surface area contributed by atoms with Crippen LogP contribution in [0.5, 0.6) is 0 Å². The largest absolute Gasteiger partial charge is 0.312 e. The van der Waals surface area contributed by atoms with Crippen LogP contribution in [0.3, 0.4) is 0 Å². The minimum atomic E-state index is -0.207. The zero-order valence-electron chi connectivity index (χ0n) is 12.1. The summed E-state index contributed by atoms with van der Waals surface area (Å²) in [5, 5.41) is 13.7. The second-order valence-corrected chi connectivity index (χ2v) is 6.97. The summed E-state index contributed by atoms with van der Waals surface area (Å²) < 4.78 is 13.1. The predicted octanol–water partition coefficient (Wildman–Crippen LogP) is 3.20. The lowest BCUT2D eigenvalue weighted by molar-refractivity contribution is 0.429. The lowest BCUT2D eigenvalue weighted by atomic mass is 10.1. The topological polar surface area (TPSA) is 37.8 Å². The molecule has 20 heavy (non-hydrogen) atoms. The Morgan fingerprint density at radius 2 is 1.95 bits per heavy atom. The van der Waals surface area contributed by atoms with E-state index < -0.39 is 0 Å². The van der Waals surface area contributed by atoms with Gasteiger partial charge in [0.15, 0.2) is 0 Å². The fraction of sp³-hybridized carbons (Fsp3) is 0.467. The maximum absolute atomic E-state index is 13.1. The van der Waals surface area contributed by atoms with Gasteiger partial charge < -0.3 is 5.32 Å². The molecule has 108 valence electrons. The van der Waals surface area contributed by atoms with E-state index in [4.69, 9.17) is 0 Å². The Kier molecular flexibility index (Phi) is 4.83. The smallest absolute Gasteiger partial charge is 0.123 e. The molecule has 2 aromatic rings. The lowest BCUT2D eigenvalue weighted by Crippen LogP contribution is -2.37. The molecule has 2 rings (SSSR count). The second-order valence-electron chi connectivity index (χ2n) is 5.82. The van der Waals surface area contributed by atoms with Crippen LogP contribution in [0, 0.1) is 5.82 Å². The highest BCUT2D eigenvalue weighted by atomic mass is 32.1. The molecule has 0 saturated carbocycles. The number of rotatable bonds is 5. The van der Waals surface area contributed by atoms with E-state index in [2.05, 4.69) is 36.3 Å². The molecule has 3 nitrogen and oxygen atoms in total. The molecule has 1 N–H and O–H groups in total. The van der Waals surface area contributed by atoms with Crippen LogP contribution in [0.25, 0.3) is 0 Å². The van der Waals surface area contributed by atoms with Gasteiger partial charge in [0.2, 0.25) is 0 Å². The van der Waals surface area contributed by atoms with E-state index in [1.807, 2.05) is 6.07 Å². The van der Waals surface area contributed by atoms with Crippen molar-refractivity contribution in [2.45, 2.75) is 39.2 Å². The van der Waals surface area contributed by atoms with Gasteiger partial charge in [-0.1, -0.05) is 12.1 Å². The maximum Gasteiger partial charge on any atom is 0.123 e. The van der Waals surface area contributed by atoms with Crippen molar-refractivity contribution in [3.8, 4) is 0 Å². The first kappa shape index (κ1) is 15.1. The lowest BCUT2D eigenvalue weighted by Gasteiger charge is -2.19. The molecule has 0 unspecified atom stereocenters. The third-order valence-corrected chi connectivity index (χ3v) is 3.73. The van der Waals surface area contributed by atoms with Gasteiger partial charge in [0.05, 0.1) is 0 Å². The normalized spacial score (nSPS) is 11.8. The number of aromatic nitrogens is 2. The van der Waals surface area contributed by atoms with E-state index in [0.29, 0.717) is 6.42 Å². The van der Waals surface area contributed by atoms with Gasteiger partial charge in [-0.15, -0.1) is 21.5 Å². The monoisotopic (exact) mass is 293 g/mol. The fourth-order valence-electron chi connectivity index (χ4n) is 1.83. The van der Waals surface area contributed by atoms with Crippen molar-refractivity contribution >= 4 is 11.3 Å². The van der Waals surface area contributed by atoms with Crippen molar-refractivity contribution in [2.24, 2.45) is 0 Å². The first-order chi connectivity index (χ1) is 9.42. The highest BCUT2D eigenvalue weighted by Crippen LogP contribution is 2.15. The summed E-state index contributed by atoms with van der Waals surface area (Å²) >= 11 is 1.60. The molecule has 0 spiro atoms. The van der Waals surface area contributed by atoms with Crippen LogP contribution in [0.1, 0.15) is 36.3 Å².